The molecule has 0 bridgehead atoms. The van der Waals surface area contributed by atoms with E-state index in [9.17, 15) is 9.59 Å². The molecule has 1 aromatic heterocycles. The quantitative estimate of drug-likeness (QED) is 0.829. The number of rotatable bonds is 5. The summed E-state index contributed by atoms with van der Waals surface area (Å²) in [4.78, 5) is 33.9. The first-order chi connectivity index (χ1) is 12.1. The molecular formula is C18H20N4O3. The zero-order chi connectivity index (χ0) is 17.6. The first-order valence-electron chi connectivity index (χ1n) is 8.21. The minimum atomic E-state index is -0.478. The highest BCUT2D eigenvalue weighted by Crippen LogP contribution is 2.21. The van der Waals surface area contributed by atoms with Crippen LogP contribution in [0.4, 0.5) is 5.95 Å². The largest absolute Gasteiger partial charge is 0.461 e. The number of amides is 1. The second kappa shape index (κ2) is 7.74. The van der Waals surface area contributed by atoms with Crippen molar-refractivity contribution in [3.05, 3.63) is 53.9 Å². The highest BCUT2D eigenvalue weighted by molar-refractivity contribution is 5.92. The van der Waals surface area contributed by atoms with E-state index in [1.165, 1.54) is 0 Å². The first kappa shape index (κ1) is 16.9. The summed E-state index contributed by atoms with van der Waals surface area (Å²) in [5.41, 5.74) is 6.45. The van der Waals surface area contributed by atoms with Crippen molar-refractivity contribution < 1.29 is 14.3 Å². The molecule has 0 spiro atoms. The van der Waals surface area contributed by atoms with Crippen molar-refractivity contribution in [1.29, 1.82) is 0 Å². The molecule has 1 aromatic carbocycles. The number of carbonyl (C=O) groups excluding carboxylic acids is 2. The van der Waals surface area contributed by atoms with Gasteiger partial charge in [-0.05, 0) is 36.6 Å². The highest BCUT2D eigenvalue weighted by Gasteiger charge is 2.28. The summed E-state index contributed by atoms with van der Waals surface area (Å²) in [6.45, 7) is 1.57. The Kier molecular flexibility index (Phi) is 5.23. The van der Waals surface area contributed by atoms with Gasteiger partial charge < -0.3 is 15.4 Å². The van der Waals surface area contributed by atoms with Crippen LogP contribution in [0, 0.1) is 5.92 Å². The van der Waals surface area contributed by atoms with Crippen LogP contribution >= 0.6 is 0 Å². The molecule has 7 nitrogen and oxygen atoms in total. The Morgan fingerprint density at radius 1 is 1.20 bits per heavy atom. The molecular weight excluding hydrogens is 320 g/mol. The maximum Gasteiger partial charge on any atom is 0.311 e. The number of nitrogens with two attached hydrogens (primary N) is 1. The number of anilines is 1. The van der Waals surface area contributed by atoms with Gasteiger partial charge in [-0.15, -0.1) is 0 Å². The molecule has 130 valence electrons. The van der Waals surface area contributed by atoms with Crippen LogP contribution in [0.2, 0.25) is 0 Å². The van der Waals surface area contributed by atoms with Crippen LogP contribution in [0.25, 0.3) is 0 Å². The van der Waals surface area contributed by atoms with Gasteiger partial charge in [0.25, 0.3) is 0 Å². The molecule has 7 heteroatoms. The molecule has 3 rings (SSSR count). The third-order valence-corrected chi connectivity index (χ3v) is 4.21. The van der Waals surface area contributed by atoms with Crippen LogP contribution < -0.4 is 10.6 Å². The summed E-state index contributed by atoms with van der Waals surface area (Å²) >= 11 is 0. The molecule has 0 saturated carbocycles. The summed E-state index contributed by atoms with van der Waals surface area (Å²) in [5.74, 6) is -0.252. The van der Waals surface area contributed by atoms with Crippen molar-refractivity contribution in [2.24, 2.45) is 11.7 Å². The number of ether oxygens (including phenoxy) is 1. The van der Waals surface area contributed by atoms with E-state index >= 15 is 0 Å². The monoisotopic (exact) mass is 340 g/mol. The van der Waals surface area contributed by atoms with Gasteiger partial charge in [-0.2, -0.15) is 0 Å². The maximum atomic E-state index is 12.4. The van der Waals surface area contributed by atoms with E-state index < -0.39 is 5.91 Å². The lowest BCUT2D eigenvalue weighted by atomic mass is 9.98. The van der Waals surface area contributed by atoms with Crippen LogP contribution in [-0.2, 0) is 16.1 Å². The highest BCUT2D eigenvalue weighted by atomic mass is 16.5. The van der Waals surface area contributed by atoms with Gasteiger partial charge >= 0.3 is 5.97 Å². The van der Waals surface area contributed by atoms with Crippen molar-refractivity contribution in [1.82, 2.24) is 9.97 Å². The molecule has 1 unspecified atom stereocenters. The van der Waals surface area contributed by atoms with E-state index in [1.54, 1.807) is 42.7 Å². The number of hydrogen-bond acceptors (Lipinski definition) is 6. The molecule has 1 fully saturated rings. The van der Waals surface area contributed by atoms with E-state index in [2.05, 4.69) is 9.97 Å². The number of benzene rings is 1. The molecule has 2 aromatic rings. The summed E-state index contributed by atoms with van der Waals surface area (Å²) < 4.78 is 5.43. The minimum absolute atomic E-state index is 0.177. The summed E-state index contributed by atoms with van der Waals surface area (Å²) in [7, 11) is 0. The van der Waals surface area contributed by atoms with E-state index in [0.717, 1.165) is 24.9 Å². The second-order valence-electron chi connectivity index (χ2n) is 6.00. The van der Waals surface area contributed by atoms with Gasteiger partial charge in [0.05, 0.1) is 5.92 Å². The molecule has 1 amide bonds. The number of aromatic nitrogens is 2. The maximum absolute atomic E-state index is 12.4. The lowest BCUT2D eigenvalue weighted by Gasteiger charge is -2.31. The molecule has 2 heterocycles. The molecule has 1 aliphatic rings. The van der Waals surface area contributed by atoms with Crippen molar-refractivity contribution >= 4 is 17.8 Å². The Labute approximate surface area is 145 Å². The molecule has 0 radical (unpaired) electrons. The lowest BCUT2D eigenvalue weighted by molar-refractivity contribution is -0.150. The fourth-order valence-corrected chi connectivity index (χ4v) is 2.84. The fraction of sp³-hybridized carbons (Fsp3) is 0.333. The van der Waals surface area contributed by atoms with Gasteiger partial charge in [0, 0.05) is 31.0 Å². The van der Waals surface area contributed by atoms with Crippen LogP contribution in [0.1, 0.15) is 28.8 Å². The molecule has 25 heavy (non-hydrogen) atoms. The number of carbonyl (C=O) groups is 2. The van der Waals surface area contributed by atoms with Gasteiger partial charge in [-0.3, -0.25) is 9.59 Å². The standard InChI is InChI=1S/C18H20N4O3/c19-16(23)14-6-4-13(5-7-14)12-25-17(24)15-3-1-10-22(11-15)18-20-8-2-9-21-18/h2,4-9,15H,1,3,10-12H2,(H2,19,23). The Hall–Kier alpha value is -2.96. The van der Waals surface area contributed by atoms with Crippen molar-refractivity contribution in [3.63, 3.8) is 0 Å². The normalized spacial score (nSPS) is 17.1. The van der Waals surface area contributed by atoms with E-state index in [0.29, 0.717) is 18.1 Å². The Balaban J connectivity index is 1.55. The van der Waals surface area contributed by atoms with Crippen molar-refractivity contribution in [3.8, 4) is 0 Å². The van der Waals surface area contributed by atoms with E-state index in [4.69, 9.17) is 10.5 Å². The van der Waals surface area contributed by atoms with Gasteiger partial charge in [0.2, 0.25) is 11.9 Å². The predicted octanol–water partition coefficient (Wildman–Crippen LogP) is 1.54. The summed E-state index contributed by atoms with van der Waals surface area (Å²) in [6.07, 6.45) is 5.08. The second-order valence-corrected chi connectivity index (χ2v) is 6.00. The van der Waals surface area contributed by atoms with Gasteiger partial charge in [-0.1, -0.05) is 12.1 Å². The number of primary amides is 1. The van der Waals surface area contributed by atoms with Crippen molar-refractivity contribution in [2.75, 3.05) is 18.0 Å². The van der Waals surface area contributed by atoms with Crippen LogP contribution in [0.15, 0.2) is 42.7 Å². The van der Waals surface area contributed by atoms with Gasteiger partial charge in [-0.25, -0.2) is 9.97 Å². The summed E-state index contributed by atoms with van der Waals surface area (Å²) in [5, 5.41) is 0. The average molecular weight is 340 g/mol. The molecule has 1 aliphatic heterocycles. The SMILES string of the molecule is NC(=O)c1ccc(COC(=O)C2CCCN(c3ncccn3)C2)cc1. The van der Waals surface area contributed by atoms with Crippen LogP contribution in [0.5, 0.6) is 0 Å². The number of hydrogen-bond donors (Lipinski definition) is 1. The smallest absolute Gasteiger partial charge is 0.311 e. The molecule has 1 atom stereocenters. The Morgan fingerprint density at radius 3 is 2.60 bits per heavy atom. The van der Waals surface area contributed by atoms with E-state index in [1.807, 2.05) is 4.90 Å². The Bertz CT molecular complexity index is 734. The fourth-order valence-electron chi connectivity index (χ4n) is 2.84. The molecule has 2 N–H and O–H groups in total. The number of piperidine rings is 1. The third-order valence-electron chi connectivity index (χ3n) is 4.21. The van der Waals surface area contributed by atoms with Crippen LogP contribution in [-0.4, -0.2) is 34.9 Å². The molecule has 1 saturated heterocycles. The van der Waals surface area contributed by atoms with E-state index in [-0.39, 0.29) is 18.5 Å². The number of nitrogens with zero attached hydrogens (tertiary/aromatic N) is 3. The average Bonchev–Trinajstić information content (AvgIpc) is 2.67. The predicted molar refractivity (Wildman–Crippen MR) is 91.7 cm³/mol. The topological polar surface area (TPSA) is 98.4 Å². The zero-order valence-electron chi connectivity index (χ0n) is 13.8. The summed E-state index contributed by atoms with van der Waals surface area (Å²) in [6, 6.07) is 8.49. The van der Waals surface area contributed by atoms with Gasteiger partial charge in [0.15, 0.2) is 0 Å². The lowest BCUT2D eigenvalue weighted by Crippen LogP contribution is -2.40. The third kappa shape index (κ3) is 4.32. The minimum Gasteiger partial charge on any atom is -0.461 e. The molecule has 0 aliphatic carbocycles. The van der Waals surface area contributed by atoms with Gasteiger partial charge in [0.1, 0.15) is 6.61 Å². The first-order valence-corrected chi connectivity index (χ1v) is 8.21. The van der Waals surface area contributed by atoms with Crippen LogP contribution in [0.3, 0.4) is 0 Å². The zero-order valence-corrected chi connectivity index (χ0v) is 13.8. The number of esters is 1. The van der Waals surface area contributed by atoms with Crippen molar-refractivity contribution in [2.45, 2.75) is 19.4 Å². The Morgan fingerprint density at radius 2 is 1.92 bits per heavy atom.